The summed E-state index contributed by atoms with van der Waals surface area (Å²) in [7, 11) is 0. The van der Waals surface area contributed by atoms with Crippen molar-refractivity contribution in [1.82, 2.24) is 19.5 Å². The average molecular weight is 364 g/mol. The lowest BCUT2D eigenvalue weighted by atomic mass is 10.1. The highest BCUT2D eigenvalue weighted by Gasteiger charge is 2.18. The van der Waals surface area contributed by atoms with E-state index in [-0.39, 0.29) is 12.4 Å². The van der Waals surface area contributed by atoms with Gasteiger partial charge in [-0.2, -0.15) is 0 Å². The lowest BCUT2D eigenvalue weighted by Crippen LogP contribution is -2.13. The zero-order chi connectivity index (χ0) is 18.1. The number of thiazole rings is 1. The fourth-order valence-electron chi connectivity index (χ4n) is 2.97. The molecule has 0 N–H and O–H groups in total. The summed E-state index contributed by atoms with van der Waals surface area (Å²) in [6.45, 7) is 3.80. The van der Waals surface area contributed by atoms with Crippen LogP contribution in [0.4, 0.5) is 0 Å². The minimum absolute atomic E-state index is 0.0802. The Morgan fingerprint density at radius 3 is 2.85 bits per heavy atom. The molecule has 0 saturated heterocycles. The second kappa shape index (κ2) is 6.68. The quantitative estimate of drug-likeness (QED) is 0.504. The first kappa shape index (κ1) is 16.4. The van der Waals surface area contributed by atoms with Gasteiger partial charge in [-0.1, -0.05) is 12.1 Å². The van der Waals surface area contributed by atoms with Crippen LogP contribution in [0.25, 0.3) is 16.0 Å². The molecular weight excluding hydrogens is 348 g/mol. The molecule has 3 heterocycles. The number of nitrogens with zero attached hydrogens (tertiary/aromatic N) is 4. The highest BCUT2D eigenvalue weighted by atomic mass is 32.1. The molecule has 0 spiro atoms. The maximum Gasteiger partial charge on any atom is 0.224 e. The standard InChI is InChI=1S/C19H16N4O2S/c1-12-9-15(13(2)23(12)19-20-7-8-26-19)17(24)10-25-18-14-5-3-4-6-16(14)21-11-22-18/h3-9,11H,10H2,1-2H3. The third kappa shape index (κ3) is 2.86. The number of aromatic nitrogens is 4. The minimum atomic E-state index is -0.0939. The molecule has 0 aliphatic heterocycles. The maximum absolute atomic E-state index is 12.7. The zero-order valence-corrected chi connectivity index (χ0v) is 15.2. The Morgan fingerprint density at radius 2 is 2.04 bits per heavy atom. The molecule has 0 amide bonds. The summed E-state index contributed by atoms with van der Waals surface area (Å²) in [5.74, 6) is 0.321. The highest BCUT2D eigenvalue weighted by molar-refractivity contribution is 7.12. The molecule has 6 nitrogen and oxygen atoms in total. The molecule has 130 valence electrons. The van der Waals surface area contributed by atoms with E-state index < -0.39 is 0 Å². The number of rotatable bonds is 5. The lowest BCUT2D eigenvalue weighted by Gasteiger charge is -2.08. The highest BCUT2D eigenvalue weighted by Crippen LogP contribution is 2.24. The molecule has 4 rings (SSSR count). The Labute approximate surface area is 154 Å². The molecule has 0 unspecified atom stereocenters. The van der Waals surface area contributed by atoms with Gasteiger partial charge < -0.3 is 4.74 Å². The van der Waals surface area contributed by atoms with Crippen molar-refractivity contribution in [3.8, 4) is 11.0 Å². The monoisotopic (exact) mass is 364 g/mol. The van der Waals surface area contributed by atoms with Crippen molar-refractivity contribution in [3.05, 3.63) is 65.2 Å². The van der Waals surface area contributed by atoms with E-state index in [9.17, 15) is 4.79 Å². The number of ketones is 1. The smallest absolute Gasteiger partial charge is 0.224 e. The lowest BCUT2D eigenvalue weighted by molar-refractivity contribution is 0.0918. The van der Waals surface area contributed by atoms with Crippen LogP contribution in [0.5, 0.6) is 5.88 Å². The molecular formula is C19H16N4O2S. The Morgan fingerprint density at radius 1 is 1.19 bits per heavy atom. The molecule has 7 heteroatoms. The first-order valence-corrected chi connectivity index (χ1v) is 8.97. The molecule has 26 heavy (non-hydrogen) atoms. The van der Waals surface area contributed by atoms with Crippen molar-refractivity contribution < 1.29 is 9.53 Å². The summed E-state index contributed by atoms with van der Waals surface area (Å²) in [4.78, 5) is 25.4. The first-order chi connectivity index (χ1) is 12.6. The van der Waals surface area contributed by atoms with E-state index in [0.717, 1.165) is 27.4 Å². The van der Waals surface area contributed by atoms with Crippen LogP contribution in [0.1, 0.15) is 21.7 Å². The fraction of sp³-hybridized carbons (Fsp3) is 0.158. The molecule has 0 fully saturated rings. The van der Waals surface area contributed by atoms with Gasteiger partial charge in [0, 0.05) is 28.5 Å². The number of benzene rings is 1. The van der Waals surface area contributed by atoms with Crippen LogP contribution < -0.4 is 4.74 Å². The molecule has 0 saturated carbocycles. The molecule has 1 aromatic carbocycles. The number of hydrogen-bond acceptors (Lipinski definition) is 6. The number of aryl methyl sites for hydroxylation is 1. The van der Waals surface area contributed by atoms with Crippen molar-refractivity contribution in [2.24, 2.45) is 0 Å². The van der Waals surface area contributed by atoms with Crippen LogP contribution >= 0.6 is 11.3 Å². The summed E-state index contributed by atoms with van der Waals surface area (Å²) in [6, 6.07) is 9.43. The van der Waals surface area contributed by atoms with E-state index in [4.69, 9.17) is 4.74 Å². The van der Waals surface area contributed by atoms with Crippen LogP contribution in [0, 0.1) is 13.8 Å². The van der Waals surface area contributed by atoms with Gasteiger partial charge in [0.1, 0.15) is 6.33 Å². The molecule has 3 aromatic heterocycles. The third-order valence-electron chi connectivity index (χ3n) is 4.19. The van der Waals surface area contributed by atoms with Gasteiger partial charge in [0.25, 0.3) is 0 Å². The first-order valence-electron chi connectivity index (χ1n) is 8.09. The summed E-state index contributed by atoms with van der Waals surface area (Å²) in [6.07, 6.45) is 3.19. The van der Waals surface area contributed by atoms with E-state index in [1.807, 2.05) is 54.1 Å². The predicted molar refractivity (Wildman–Crippen MR) is 100 cm³/mol. The van der Waals surface area contributed by atoms with Crippen molar-refractivity contribution in [3.63, 3.8) is 0 Å². The van der Waals surface area contributed by atoms with E-state index >= 15 is 0 Å². The molecule has 0 radical (unpaired) electrons. The van der Waals surface area contributed by atoms with Gasteiger partial charge in [0.15, 0.2) is 11.7 Å². The molecule has 0 atom stereocenters. The summed E-state index contributed by atoms with van der Waals surface area (Å²) < 4.78 is 7.69. The second-order valence-electron chi connectivity index (χ2n) is 5.84. The van der Waals surface area contributed by atoms with E-state index in [0.29, 0.717) is 11.4 Å². The number of carbonyl (C=O) groups is 1. The molecule has 0 aliphatic carbocycles. The number of Topliss-reactive ketones (excluding diaryl/α,β-unsaturated/α-hetero) is 1. The number of para-hydroxylation sites is 1. The maximum atomic E-state index is 12.7. The van der Waals surface area contributed by atoms with Gasteiger partial charge in [-0.25, -0.2) is 15.0 Å². The van der Waals surface area contributed by atoms with E-state index in [1.165, 1.54) is 17.7 Å². The van der Waals surface area contributed by atoms with Gasteiger partial charge in [-0.3, -0.25) is 9.36 Å². The number of ether oxygens (including phenoxy) is 1. The Hall–Kier alpha value is -3.06. The van der Waals surface area contributed by atoms with Gasteiger partial charge >= 0.3 is 0 Å². The van der Waals surface area contributed by atoms with Crippen LogP contribution in [0.3, 0.4) is 0 Å². The van der Waals surface area contributed by atoms with E-state index in [2.05, 4.69) is 15.0 Å². The predicted octanol–water partition coefficient (Wildman–Crippen LogP) is 3.76. The normalized spacial score (nSPS) is 11.0. The number of fused-ring (bicyclic) bond motifs is 1. The van der Waals surface area contributed by atoms with Crippen LogP contribution in [-0.4, -0.2) is 31.9 Å². The SMILES string of the molecule is Cc1cc(C(=O)COc2ncnc3ccccc23)c(C)n1-c1nccs1. The average Bonchev–Trinajstić information content (AvgIpc) is 3.27. The van der Waals surface area contributed by atoms with Gasteiger partial charge in [-0.05, 0) is 32.0 Å². The zero-order valence-electron chi connectivity index (χ0n) is 14.3. The number of carbonyl (C=O) groups excluding carboxylic acids is 1. The van der Waals surface area contributed by atoms with Crippen molar-refractivity contribution >= 4 is 28.0 Å². The van der Waals surface area contributed by atoms with Crippen molar-refractivity contribution in [2.45, 2.75) is 13.8 Å². The third-order valence-corrected chi connectivity index (χ3v) is 4.94. The van der Waals surface area contributed by atoms with Crippen LogP contribution in [0.15, 0.2) is 48.2 Å². The number of hydrogen-bond donors (Lipinski definition) is 0. The van der Waals surface area contributed by atoms with Crippen LogP contribution in [0.2, 0.25) is 0 Å². The van der Waals surface area contributed by atoms with E-state index in [1.54, 1.807) is 6.20 Å². The topological polar surface area (TPSA) is 69.9 Å². The Balaban J connectivity index is 1.58. The summed E-state index contributed by atoms with van der Waals surface area (Å²) in [5, 5.41) is 3.55. The fourth-order valence-corrected chi connectivity index (χ4v) is 3.72. The van der Waals surface area contributed by atoms with Crippen molar-refractivity contribution in [1.29, 1.82) is 0 Å². The molecule has 4 aromatic rings. The minimum Gasteiger partial charge on any atom is -0.469 e. The van der Waals surface area contributed by atoms with Crippen molar-refractivity contribution in [2.75, 3.05) is 6.61 Å². The van der Waals surface area contributed by atoms with Crippen LogP contribution in [-0.2, 0) is 0 Å². The van der Waals surface area contributed by atoms with Gasteiger partial charge in [0.2, 0.25) is 11.7 Å². The largest absolute Gasteiger partial charge is 0.469 e. The van der Waals surface area contributed by atoms with Gasteiger partial charge in [0.05, 0.1) is 10.9 Å². The Bertz CT molecular complexity index is 1080. The molecule has 0 aliphatic rings. The second-order valence-corrected chi connectivity index (χ2v) is 6.72. The summed E-state index contributed by atoms with van der Waals surface area (Å²) in [5.41, 5.74) is 3.25. The Kier molecular flexibility index (Phi) is 4.22. The van der Waals surface area contributed by atoms with Gasteiger partial charge in [-0.15, -0.1) is 11.3 Å². The molecule has 0 bridgehead atoms. The summed E-state index contributed by atoms with van der Waals surface area (Å²) >= 11 is 1.53.